The fourth-order valence-corrected chi connectivity index (χ4v) is 3.50. The fraction of sp³-hybridized carbons (Fsp3) is 0.647. The lowest BCUT2D eigenvalue weighted by Crippen LogP contribution is -2.41. The van der Waals surface area contributed by atoms with Gasteiger partial charge in [0.05, 0.1) is 6.61 Å². The van der Waals surface area contributed by atoms with Gasteiger partial charge >= 0.3 is 0 Å². The van der Waals surface area contributed by atoms with Gasteiger partial charge in [-0.3, -0.25) is 0 Å². The Balaban J connectivity index is 1.62. The standard InChI is InChI=1S/C17H25NO2/c1-18-16(10-13-6-8-19-9-7-13)15-11-14-4-2-3-5-17(14)20-12-15/h2-5,13,15-16,18H,6-12H2,1H3. The number of rotatable bonds is 4. The maximum Gasteiger partial charge on any atom is 0.122 e. The molecule has 1 saturated heterocycles. The fourth-order valence-electron chi connectivity index (χ4n) is 3.50. The van der Waals surface area contributed by atoms with Crippen LogP contribution in [0.3, 0.4) is 0 Å². The molecule has 3 rings (SSSR count). The van der Waals surface area contributed by atoms with Crippen LogP contribution in [0.1, 0.15) is 24.8 Å². The summed E-state index contributed by atoms with van der Waals surface area (Å²) in [5, 5.41) is 3.53. The van der Waals surface area contributed by atoms with Gasteiger partial charge in [0.1, 0.15) is 5.75 Å². The average Bonchev–Trinajstić information content (AvgIpc) is 2.53. The third-order valence-electron chi connectivity index (χ3n) is 4.78. The summed E-state index contributed by atoms with van der Waals surface area (Å²) in [6.07, 6.45) is 4.80. The van der Waals surface area contributed by atoms with Crippen molar-refractivity contribution in [3.63, 3.8) is 0 Å². The van der Waals surface area contributed by atoms with Crippen molar-refractivity contribution in [1.29, 1.82) is 0 Å². The van der Waals surface area contributed by atoms with Crippen molar-refractivity contribution in [1.82, 2.24) is 5.32 Å². The average molecular weight is 275 g/mol. The lowest BCUT2D eigenvalue weighted by atomic mass is 9.83. The smallest absolute Gasteiger partial charge is 0.122 e. The van der Waals surface area contributed by atoms with E-state index in [0.717, 1.165) is 37.9 Å². The van der Waals surface area contributed by atoms with Crippen molar-refractivity contribution < 1.29 is 9.47 Å². The second-order valence-electron chi connectivity index (χ2n) is 6.07. The SMILES string of the molecule is CNC(CC1CCOCC1)C1COc2ccccc2C1. The maximum absolute atomic E-state index is 5.94. The van der Waals surface area contributed by atoms with Crippen molar-refractivity contribution in [3.05, 3.63) is 29.8 Å². The predicted octanol–water partition coefficient (Wildman–Crippen LogP) is 2.64. The molecule has 1 aromatic rings. The Hall–Kier alpha value is -1.06. The monoisotopic (exact) mass is 275 g/mol. The van der Waals surface area contributed by atoms with Crippen LogP contribution in [-0.2, 0) is 11.2 Å². The quantitative estimate of drug-likeness (QED) is 0.916. The van der Waals surface area contributed by atoms with Crippen LogP contribution >= 0.6 is 0 Å². The third-order valence-corrected chi connectivity index (χ3v) is 4.78. The number of benzene rings is 1. The molecule has 20 heavy (non-hydrogen) atoms. The second kappa shape index (κ2) is 6.59. The van der Waals surface area contributed by atoms with Gasteiger partial charge in [0.15, 0.2) is 0 Å². The molecule has 0 aliphatic carbocycles. The molecule has 0 amide bonds. The Morgan fingerprint density at radius 3 is 2.85 bits per heavy atom. The van der Waals surface area contributed by atoms with Crippen molar-refractivity contribution >= 4 is 0 Å². The first-order valence-corrected chi connectivity index (χ1v) is 7.82. The number of hydrogen-bond donors (Lipinski definition) is 1. The van der Waals surface area contributed by atoms with E-state index in [4.69, 9.17) is 9.47 Å². The van der Waals surface area contributed by atoms with E-state index in [0.29, 0.717) is 12.0 Å². The molecule has 0 radical (unpaired) electrons. The van der Waals surface area contributed by atoms with E-state index in [9.17, 15) is 0 Å². The van der Waals surface area contributed by atoms with E-state index in [1.54, 1.807) is 0 Å². The largest absolute Gasteiger partial charge is 0.493 e. The molecule has 1 N–H and O–H groups in total. The Morgan fingerprint density at radius 2 is 2.05 bits per heavy atom. The minimum Gasteiger partial charge on any atom is -0.493 e. The van der Waals surface area contributed by atoms with Gasteiger partial charge in [0.25, 0.3) is 0 Å². The number of nitrogens with one attached hydrogen (secondary N) is 1. The number of fused-ring (bicyclic) bond motifs is 1. The van der Waals surface area contributed by atoms with Crippen LogP contribution in [0.4, 0.5) is 0 Å². The number of ether oxygens (including phenoxy) is 2. The van der Waals surface area contributed by atoms with E-state index < -0.39 is 0 Å². The van der Waals surface area contributed by atoms with Crippen LogP contribution in [0.5, 0.6) is 5.75 Å². The van der Waals surface area contributed by atoms with Gasteiger partial charge in [-0.2, -0.15) is 0 Å². The molecule has 3 heteroatoms. The minimum absolute atomic E-state index is 0.548. The van der Waals surface area contributed by atoms with Gasteiger partial charge in [-0.25, -0.2) is 0 Å². The molecule has 2 atom stereocenters. The third kappa shape index (κ3) is 3.15. The summed E-state index contributed by atoms with van der Waals surface area (Å²) < 4.78 is 11.4. The van der Waals surface area contributed by atoms with Gasteiger partial charge in [-0.1, -0.05) is 18.2 Å². The number of hydrogen-bond acceptors (Lipinski definition) is 3. The lowest BCUT2D eigenvalue weighted by Gasteiger charge is -2.34. The van der Waals surface area contributed by atoms with Gasteiger partial charge in [-0.05, 0) is 50.3 Å². The molecule has 3 nitrogen and oxygen atoms in total. The van der Waals surface area contributed by atoms with Gasteiger partial charge < -0.3 is 14.8 Å². The highest BCUT2D eigenvalue weighted by Crippen LogP contribution is 2.31. The summed E-state index contributed by atoms with van der Waals surface area (Å²) in [6.45, 7) is 2.71. The Kier molecular flexibility index (Phi) is 4.58. The molecule has 1 aromatic carbocycles. The first-order chi connectivity index (χ1) is 9.86. The van der Waals surface area contributed by atoms with Crippen LogP contribution in [0.2, 0.25) is 0 Å². The predicted molar refractivity (Wildman–Crippen MR) is 80.1 cm³/mol. The van der Waals surface area contributed by atoms with Gasteiger partial charge in [0.2, 0.25) is 0 Å². The highest BCUT2D eigenvalue weighted by Gasteiger charge is 2.29. The van der Waals surface area contributed by atoms with Crippen molar-refractivity contribution in [2.45, 2.75) is 31.7 Å². The summed E-state index contributed by atoms with van der Waals surface area (Å²) in [4.78, 5) is 0. The van der Waals surface area contributed by atoms with Crippen molar-refractivity contribution in [3.8, 4) is 5.75 Å². The minimum atomic E-state index is 0.548. The van der Waals surface area contributed by atoms with Crippen molar-refractivity contribution in [2.75, 3.05) is 26.9 Å². The van der Waals surface area contributed by atoms with E-state index in [-0.39, 0.29) is 0 Å². The zero-order valence-electron chi connectivity index (χ0n) is 12.3. The summed E-state index contributed by atoms with van der Waals surface area (Å²) in [6, 6.07) is 8.99. The summed E-state index contributed by atoms with van der Waals surface area (Å²) in [5.41, 5.74) is 1.36. The molecule has 0 aromatic heterocycles. The van der Waals surface area contributed by atoms with Crippen LogP contribution in [0.15, 0.2) is 24.3 Å². The maximum atomic E-state index is 5.94. The summed E-state index contributed by atoms with van der Waals surface area (Å²) in [7, 11) is 2.09. The van der Waals surface area contributed by atoms with Crippen molar-refractivity contribution in [2.24, 2.45) is 11.8 Å². The highest BCUT2D eigenvalue weighted by atomic mass is 16.5. The second-order valence-corrected chi connectivity index (χ2v) is 6.07. The van der Waals surface area contributed by atoms with Crippen LogP contribution in [0, 0.1) is 11.8 Å². The van der Waals surface area contributed by atoms with E-state index in [1.165, 1.54) is 24.8 Å². The van der Waals surface area contributed by atoms with E-state index in [1.807, 2.05) is 0 Å². The van der Waals surface area contributed by atoms with E-state index >= 15 is 0 Å². The zero-order chi connectivity index (χ0) is 13.8. The Bertz CT molecular complexity index is 429. The molecule has 0 saturated carbocycles. The number of para-hydroxylation sites is 1. The normalized spacial score (nSPS) is 24.8. The molecule has 2 heterocycles. The summed E-state index contributed by atoms with van der Waals surface area (Å²) >= 11 is 0. The molecular formula is C17H25NO2. The Labute approximate surface area is 121 Å². The molecule has 0 bridgehead atoms. The molecule has 1 fully saturated rings. The van der Waals surface area contributed by atoms with Gasteiger partial charge in [-0.15, -0.1) is 0 Å². The topological polar surface area (TPSA) is 30.5 Å². The lowest BCUT2D eigenvalue weighted by molar-refractivity contribution is 0.0555. The first kappa shape index (κ1) is 13.9. The molecule has 2 unspecified atom stereocenters. The van der Waals surface area contributed by atoms with Crippen LogP contribution < -0.4 is 10.1 Å². The van der Waals surface area contributed by atoms with E-state index in [2.05, 4.69) is 36.6 Å². The first-order valence-electron chi connectivity index (χ1n) is 7.82. The highest BCUT2D eigenvalue weighted by molar-refractivity contribution is 5.35. The molecule has 0 spiro atoms. The molecular weight excluding hydrogens is 250 g/mol. The molecule has 2 aliphatic rings. The zero-order valence-corrected chi connectivity index (χ0v) is 12.3. The molecule has 2 aliphatic heterocycles. The van der Waals surface area contributed by atoms with Gasteiger partial charge in [0, 0.05) is 25.2 Å². The van der Waals surface area contributed by atoms with Crippen LogP contribution in [0.25, 0.3) is 0 Å². The van der Waals surface area contributed by atoms with Crippen LogP contribution in [-0.4, -0.2) is 32.9 Å². The summed E-state index contributed by atoms with van der Waals surface area (Å²) in [5.74, 6) is 2.46. The Morgan fingerprint density at radius 1 is 1.25 bits per heavy atom. The molecule has 110 valence electrons.